The number of rotatable bonds is 9. The van der Waals surface area contributed by atoms with Gasteiger partial charge in [-0.05, 0) is 89.4 Å². The summed E-state index contributed by atoms with van der Waals surface area (Å²) in [6, 6.07) is 36.0. The Balaban J connectivity index is 1.06. The molecule has 0 bridgehead atoms. The fourth-order valence-corrected chi connectivity index (χ4v) is 7.04. The van der Waals surface area contributed by atoms with Crippen molar-refractivity contribution in [3.05, 3.63) is 167 Å². The molecule has 0 amide bonds. The molecule has 41 heavy (non-hydrogen) atoms. The van der Waals surface area contributed by atoms with Gasteiger partial charge in [-0.3, -0.25) is 0 Å². The fraction of sp³-hybridized carbons (Fsp3) is 0.250. The summed E-state index contributed by atoms with van der Waals surface area (Å²) in [5, 5.41) is 3.64. The van der Waals surface area contributed by atoms with Gasteiger partial charge in [0.2, 0.25) is 0 Å². The fourth-order valence-electron chi connectivity index (χ4n) is 7.04. The van der Waals surface area contributed by atoms with Crippen molar-refractivity contribution in [2.24, 2.45) is 0 Å². The van der Waals surface area contributed by atoms with E-state index in [1.54, 1.807) is 11.1 Å². The summed E-state index contributed by atoms with van der Waals surface area (Å²) in [6.45, 7) is 2.28. The molecule has 206 valence electrons. The Kier molecular flexibility index (Phi) is 8.33. The molecule has 0 aliphatic heterocycles. The zero-order valence-corrected chi connectivity index (χ0v) is 24.2. The second-order valence-corrected chi connectivity index (χ2v) is 11.7. The highest BCUT2D eigenvalue weighted by Gasteiger charge is 2.44. The van der Waals surface area contributed by atoms with Crippen LogP contribution in [-0.2, 0) is 18.3 Å². The highest BCUT2D eigenvalue weighted by molar-refractivity contribution is 5.84. The number of hydrogen-bond donors (Lipinski definition) is 1. The molecule has 1 saturated carbocycles. The van der Waals surface area contributed by atoms with Gasteiger partial charge in [0.25, 0.3) is 0 Å². The standard InChI is InChI=1S/C40H41N/c1-31(35-23-16-25-38-39(35)36-22-10-11-24-37(36)40(38)26-12-6-13-27-40)41-28-14-4-2-3-7-17-33-20-15-21-34(30-33)29-32-18-8-5-9-19-32/h2-5,7-11,14-16,18-25,28,30-31,41H,6,12-13,17,26-27,29H2,1H3/b4-2-,7-3+,28-14-. The summed E-state index contributed by atoms with van der Waals surface area (Å²) in [5.41, 5.74) is 11.7. The van der Waals surface area contributed by atoms with Crippen LogP contribution in [0, 0.1) is 0 Å². The summed E-state index contributed by atoms with van der Waals surface area (Å²) in [4.78, 5) is 0. The summed E-state index contributed by atoms with van der Waals surface area (Å²) in [5.74, 6) is 0. The highest BCUT2D eigenvalue weighted by Crippen LogP contribution is 2.57. The van der Waals surface area contributed by atoms with E-state index in [-0.39, 0.29) is 11.5 Å². The van der Waals surface area contributed by atoms with Crippen molar-refractivity contribution in [1.29, 1.82) is 0 Å². The molecule has 0 aromatic heterocycles. The third kappa shape index (κ3) is 5.86. The molecule has 0 radical (unpaired) electrons. The molecule has 2 aliphatic carbocycles. The predicted octanol–water partition coefficient (Wildman–Crippen LogP) is 10.0. The molecule has 1 heteroatoms. The number of benzene rings is 4. The molecule has 4 aromatic rings. The average molecular weight is 536 g/mol. The number of nitrogens with one attached hydrogen (secondary N) is 1. The molecule has 2 aliphatic rings. The maximum atomic E-state index is 3.64. The first-order chi connectivity index (χ1) is 20.2. The van der Waals surface area contributed by atoms with Crippen molar-refractivity contribution in [2.45, 2.75) is 63.3 Å². The van der Waals surface area contributed by atoms with Gasteiger partial charge >= 0.3 is 0 Å². The lowest BCUT2D eigenvalue weighted by atomic mass is 9.68. The van der Waals surface area contributed by atoms with Crippen LogP contribution in [0.4, 0.5) is 0 Å². The zero-order chi connectivity index (χ0) is 27.9. The number of hydrogen-bond acceptors (Lipinski definition) is 1. The van der Waals surface area contributed by atoms with Crippen LogP contribution in [0.5, 0.6) is 0 Å². The predicted molar refractivity (Wildman–Crippen MR) is 174 cm³/mol. The summed E-state index contributed by atoms with van der Waals surface area (Å²) < 4.78 is 0. The molecule has 1 fully saturated rings. The smallest absolute Gasteiger partial charge is 0.0486 e. The van der Waals surface area contributed by atoms with E-state index in [1.807, 2.05) is 0 Å². The summed E-state index contributed by atoms with van der Waals surface area (Å²) in [6.07, 6.45) is 21.3. The van der Waals surface area contributed by atoms with E-state index in [1.165, 1.54) is 65.5 Å². The van der Waals surface area contributed by atoms with Crippen LogP contribution in [0.1, 0.15) is 78.5 Å². The quantitative estimate of drug-likeness (QED) is 0.210. The minimum Gasteiger partial charge on any atom is -0.384 e. The molecule has 4 aromatic carbocycles. The van der Waals surface area contributed by atoms with Crippen molar-refractivity contribution in [3.8, 4) is 11.1 Å². The van der Waals surface area contributed by atoms with Crippen LogP contribution >= 0.6 is 0 Å². The third-order valence-electron chi connectivity index (χ3n) is 9.01. The second-order valence-electron chi connectivity index (χ2n) is 11.7. The van der Waals surface area contributed by atoms with E-state index in [0.29, 0.717) is 0 Å². The molecule has 1 atom stereocenters. The maximum Gasteiger partial charge on any atom is 0.0486 e. The van der Waals surface area contributed by atoms with Gasteiger partial charge in [-0.15, -0.1) is 0 Å². The zero-order valence-electron chi connectivity index (χ0n) is 24.2. The van der Waals surface area contributed by atoms with Crippen LogP contribution in [0.25, 0.3) is 11.1 Å². The Morgan fingerprint density at radius 3 is 2.27 bits per heavy atom. The number of fused-ring (bicyclic) bond motifs is 5. The topological polar surface area (TPSA) is 12.0 Å². The molecule has 1 spiro atoms. The van der Waals surface area contributed by atoms with Crippen molar-refractivity contribution in [1.82, 2.24) is 5.32 Å². The van der Waals surface area contributed by atoms with E-state index in [4.69, 9.17) is 0 Å². The van der Waals surface area contributed by atoms with Gasteiger partial charge in [-0.1, -0.05) is 141 Å². The van der Waals surface area contributed by atoms with Crippen LogP contribution in [0.3, 0.4) is 0 Å². The average Bonchev–Trinajstić information content (AvgIpc) is 3.28. The Labute approximate surface area is 246 Å². The summed E-state index contributed by atoms with van der Waals surface area (Å²) in [7, 11) is 0. The van der Waals surface area contributed by atoms with Gasteiger partial charge < -0.3 is 5.32 Å². The second kappa shape index (κ2) is 12.6. The molecular formula is C40H41N. The van der Waals surface area contributed by atoms with Crippen molar-refractivity contribution < 1.29 is 0 Å². The maximum absolute atomic E-state index is 3.64. The van der Waals surface area contributed by atoms with Crippen LogP contribution in [0.15, 0.2) is 134 Å². The highest BCUT2D eigenvalue weighted by atomic mass is 14.9. The Morgan fingerprint density at radius 1 is 0.683 bits per heavy atom. The van der Waals surface area contributed by atoms with Gasteiger partial charge in [0.1, 0.15) is 0 Å². The van der Waals surface area contributed by atoms with Crippen LogP contribution in [0.2, 0.25) is 0 Å². The molecule has 0 heterocycles. The lowest BCUT2D eigenvalue weighted by molar-refractivity contribution is 0.352. The van der Waals surface area contributed by atoms with E-state index < -0.39 is 0 Å². The normalized spacial score (nSPS) is 16.4. The number of allylic oxidation sites excluding steroid dienone is 5. The first-order valence-electron chi connectivity index (χ1n) is 15.3. The van der Waals surface area contributed by atoms with Gasteiger partial charge in [-0.2, -0.15) is 0 Å². The van der Waals surface area contributed by atoms with E-state index in [0.717, 1.165) is 12.8 Å². The Bertz CT molecular complexity index is 1550. The lowest BCUT2D eigenvalue weighted by Crippen LogP contribution is -2.28. The van der Waals surface area contributed by atoms with Crippen molar-refractivity contribution in [3.63, 3.8) is 0 Å². The molecule has 0 saturated heterocycles. The summed E-state index contributed by atoms with van der Waals surface area (Å²) >= 11 is 0. The Morgan fingerprint density at radius 2 is 1.39 bits per heavy atom. The van der Waals surface area contributed by atoms with Gasteiger partial charge in [0.15, 0.2) is 0 Å². The molecule has 6 rings (SSSR count). The Hall–Kier alpha value is -4.10. The van der Waals surface area contributed by atoms with Crippen molar-refractivity contribution in [2.75, 3.05) is 0 Å². The van der Waals surface area contributed by atoms with Gasteiger partial charge in [0.05, 0.1) is 0 Å². The lowest BCUT2D eigenvalue weighted by Gasteiger charge is -2.36. The largest absolute Gasteiger partial charge is 0.384 e. The SMILES string of the molecule is CC(N\C=C/C=C\C=C\Cc1cccc(Cc2ccccc2)c1)c1cccc2c1-c1ccccc1C21CCCCC1. The van der Waals surface area contributed by atoms with Gasteiger partial charge in [0, 0.05) is 11.5 Å². The van der Waals surface area contributed by atoms with E-state index in [2.05, 4.69) is 146 Å². The monoisotopic (exact) mass is 535 g/mol. The minimum atomic E-state index is 0.216. The van der Waals surface area contributed by atoms with Crippen molar-refractivity contribution >= 4 is 0 Å². The van der Waals surface area contributed by atoms with E-state index in [9.17, 15) is 0 Å². The molecule has 1 N–H and O–H groups in total. The molecule has 1 nitrogen and oxygen atoms in total. The minimum absolute atomic E-state index is 0.216. The van der Waals surface area contributed by atoms with Gasteiger partial charge in [-0.25, -0.2) is 0 Å². The van der Waals surface area contributed by atoms with Crippen LogP contribution < -0.4 is 5.32 Å². The molecule has 1 unspecified atom stereocenters. The first kappa shape index (κ1) is 27.1. The first-order valence-corrected chi connectivity index (χ1v) is 15.3. The van der Waals surface area contributed by atoms with Crippen LogP contribution in [-0.4, -0.2) is 0 Å². The third-order valence-corrected chi connectivity index (χ3v) is 9.01. The molecular weight excluding hydrogens is 494 g/mol. The van der Waals surface area contributed by atoms with E-state index >= 15 is 0 Å².